The maximum absolute atomic E-state index is 11.7. The highest BCUT2D eigenvalue weighted by atomic mass is 32.1. The van der Waals surface area contributed by atoms with E-state index >= 15 is 0 Å². The Morgan fingerprint density at radius 3 is 2.78 bits per heavy atom. The summed E-state index contributed by atoms with van der Waals surface area (Å²) in [4.78, 5) is 25.2. The second kappa shape index (κ2) is 7.00. The average Bonchev–Trinajstić information content (AvgIpc) is 2.85. The topological polar surface area (TPSA) is 69.6 Å². The number of hydrogen-bond donors (Lipinski definition) is 2. The fraction of sp³-hybridized carbons (Fsp3) is 0.500. The molecule has 0 radical (unpaired) electrons. The van der Waals surface area contributed by atoms with Crippen molar-refractivity contribution in [2.45, 2.75) is 25.8 Å². The molecule has 1 heterocycles. The van der Waals surface area contributed by atoms with Gasteiger partial charge < -0.3 is 15.3 Å². The third-order valence-electron chi connectivity index (χ3n) is 2.62. The molecule has 5 nitrogen and oxygen atoms in total. The first-order valence-corrected chi connectivity index (χ1v) is 6.69. The average molecular weight is 270 g/mol. The lowest BCUT2D eigenvalue weighted by molar-refractivity contribution is -0.139. The summed E-state index contributed by atoms with van der Waals surface area (Å²) < 4.78 is 0. The number of carbonyl (C=O) groups excluding carboxylic acids is 1. The molecule has 2 N–H and O–H groups in total. The minimum Gasteiger partial charge on any atom is -0.480 e. The Balaban J connectivity index is 2.38. The van der Waals surface area contributed by atoms with Gasteiger partial charge in [0.2, 0.25) is 0 Å². The fourth-order valence-corrected chi connectivity index (χ4v) is 2.13. The van der Waals surface area contributed by atoms with E-state index in [1.165, 1.54) is 9.78 Å². The molecule has 0 aromatic carbocycles. The van der Waals surface area contributed by atoms with Gasteiger partial charge in [-0.1, -0.05) is 13.0 Å². The minimum absolute atomic E-state index is 0.346. The monoisotopic (exact) mass is 270 g/mol. The smallest absolute Gasteiger partial charge is 0.326 e. The van der Waals surface area contributed by atoms with Gasteiger partial charge in [0.15, 0.2) is 0 Å². The Labute approximate surface area is 110 Å². The number of nitrogens with zero attached hydrogens (tertiary/aromatic N) is 1. The van der Waals surface area contributed by atoms with Gasteiger partial charge in [-0.05, 0) is 24.3 Å². The number of carboxylic acids is 1. The van der Waals surface area contributed by atoms with Crippen molar-refractivity contribution in [1.82, 2.24) is 10.2 Å². The number of likely N-dealkylation sites (N-methyl/N-ethyl adjacent to an activating group) is 1. The van der Waals surface area contributed by atoms with E-state index in [9.17, 15) is 9.59 Å². The normalized spacial score (nSPS) is 11.9. The van der Waals surface area contributed by atoms with Crippen LogP contribution in [0.15, 0.2) is 17.5 Å². The van der Waals surface area contributed by atoms with E-state index < -0.39 is 12.0 Å². The Kier molecular flexibility index (Phi) is 5.64. The second-order valence-electron chi connectivity index (χ2n) is 4.00. The second-order valence-corrected chi connectivity index (χ2v) is 5.03. The highest BCUT2D eigenvalue weighted by Crippen LogP contribution is 2.09. The van der Waals surface area contributed by atoms with E-state index in [0.717, 1.165) is 6.42 Å². The van der Waals surface area contributed by atoms with Gasteiger partial charge in [0.1, 0.15) is 6.04 Å². The van der Waals surface area contributed by atoms with Gasteiger partial charge in [-0.15, -0.1) is 11.3 Å². The SMILES string of the molecule is CC[C@H](NC(=O)N(C)CCc1cccs1)C(=O)O. The summed E-state index contributed by atoms with van der Waals surface area (Å²) in [5.41, 5.74) is 0. The van der Waals surface area contributed by atoms with Gasteiger partial charge in [-0.25, -0.2) is 9.59 Å². The van der Waals surface area contributed by atoms with Crippen molar-refractivity contribution >= 4 is 23.3 Å². The molecular weight excluding hydrogens is 252 g/mol. The number of hydrogen-bond acceptors (Lipinski definition) is 3. The molecule has 6 heteroatoms. The van der Waals surface area contributed by atoms with E-state index in [2.05, 4.69) is 5.32 Å². The number of urea groups is 1. The van der Waals surface area contributed by atoms with Crippen LogP contribution in [0.5, 0.6) is 0 Å². The van der Waals surface area contributed by atoms with Crippen LogP contribution in [0.1, 0.15) is 18.2 Å². The molecule has 1 rings (SSSR count). The van der Waals surface area contributed by atoms with Crippen LogP contribution >= 0.6 is 11.3 Å². The van der Waals surface area contributed by atoms with Crippen LogP contribution in [0.4, 0.5) is 4.79 Å². The van der Waals surface area contributed by atoms with Crippen molar-refractivity contribution in [1.29, 1.82) is 0 Å². The lowest BCUT2D eigenvalue weighted by atomic mass is 10.2. The molecule has 18 heavy (non-hydrogen) atoms. The Hall–Kier alpha value is -1.56. The van der Waals surface area contributed by atoms with Crippen LogP contribution in [0.25, 0.3) is 0 Å². The summed E-state index contributed by atoms with van der Waals surface area (Å²) in [5.74, 6) is -1.00. The molecule has 0 saturated heterocycles. The zero-order chi connectivity index (χ0) is 13.5. The molecule has 1 atom stereocenters. The summed E-state index contributed by atoms with van der Waals surface area (Å²) >= 11 is 1.65. The maximum Gasteiger partial charge on any atom is 0.326 e. The van der Waals surface area contributed by atoms with Crippen molar-refractivity contribution in [2.24, 2.45) is 0 Å². The Morgan fingerprint density at radius 2 is 2.28 bits per heavy atom. The molecule has 0 saturated carbocycles. The maximum atomic E-state index is 11.7. The van der Waals surface area contributed by atoms with Crippen molar-refractivity contribution in [3.05, 3.63) is 22.4 Å². The summed E-state index contributed by atoms with van der Waals surface area (Å²) in [6, 6.07) is 2.82. The summed E-state index contributed by atoms with van der Waals surface area (Å²) in [7, 11) is 1.66. The Morgan fingerprint density at radius 1 is 1.56 bits per heavy atom. The number of amides is 2. The first-order valence-electron chi connectivity index (χ1n) is 5.81. The lowest BCUT2D eigenvalue weighted by Crippen LogP contribution is -2.46. The first kappa shape index (κ1) is 14.5. The molecule has 0 aliphatic rings. The van der Waals surface area contributed by atoms with Crippen LogP contribution in [-0.2, 0) is 11.2 Å². The minimum atomic E-state index is -1.00. The zero-order valence-corrected chi connectivity index (χ0v) is 11.4. The number of rotatable bonds is 6. The summed E-state index contributed by atoms with van der Waals surface area (Å²) in [5, 5.41) is 13.3. The van der Waals surface area contributed by atoms with Crippen LogP contribution in [-0.4, -0.2) is 41.6 Å². The van der Waals surface area contributed by atoms with Gasteiger partial charge in [0.25, 0.3) is 0 Å². The molecule has 0 spiro atoms. The van der Waals surface area contributed by atoms with E-state index in [1.54, 1.807) is 25.3 Å². The number of carboxylic acid groups (broad SMARTS) is 1. The molecule has 0 aliphatic carbocycles. The molecular formula is C12H18N2O3S. The van der Waals surface area contributed by atoms with E-state index in [-0.39, 0.29) is 6.03 Å². The van der Waals surface area contributed by atoms with Crippen molar-refractivity contribution < 1.29 is 14.7 Å². The highest BCUT2D eigenvalue weighted by molar-refractivity contribution is 7.09. The van der Waals surface area contributed by atoms with E-state index in [0.29, 0.717) is 13.0 Å². The fourth-order valence-electron chi connectivity index (χ4n) is 1.43. The van der Waals surface area contributed by atoms with Gasteiger partial charge in [0.05, 0.1) is 0 Å². The predicted molar refractivity (Wildman–Crippen MR) is 70.9 cm³/mol. The predicted octanol–water partition coefficient (Wildman–Crippen LogP) is 1.80. The lowest BCUT2D eigenvalue weighted by Gasteiger charge is -2.20. The first-order chi connectivity index (χ1) is 8.54. The van der Waals surface area contributed by atoms with Crippen molar-refractivity contribution in [3.63, 3.8) is 0 Å². The molecule has 0 unspecified atom stereocenters. The van der Waals surface area contributed by atoms with Gasteiger partial charge in [0, 0.05) is 18.5 Å². The molecule has 1 aromatic rings. The van der Waals surface area contributed by atoms with Crippen molar-refractivity contribution in [3.8, 4) is 0 Å². The quantitative estimate of drug-likeness (QED) is 0.828. The van der Waals surface area contributed by atoms with Crippen LogP contribution in [0.2, 0.25) is 0 Å². The highest BCUT2D eigenvalue weighted by Gasteiger charge is 2.19. The third-order valence-corrected chi connectivity index (χ3v) is 3.56. The van der Waals surface area contributed by atoms with Crippen LogP contribution in [0.3, 0.4) is 0 Å². The van der Waals surface area contributed by atoms with Crippen LogP contribution in [0, 0.1) is 0 Å². The molecule has 0 bridgehead atoms. The summed E-state index contributed by atoms with van der Waals surface area (Å²) in [6.45, 7) is 2.30. The van der Waals surface area contributed by atoms with Crippen LogP contribution < -0.4 is 5.32 Å². The Bertz CT molecular complexity index is 392. The standard InChI is InChI=1S/C12H18N2O3S/c1-3-10(11(15)16)13-12(17)14(2)7-6-9-5-4-8-18-9/h4-5,8,10H,3,6-7H2,1-2H3,(H,13,17)(H,15,16)/t10-/m0/s1. The van der Waals surface area contributed by atoms with Gasteiger partial charge in [-0.3, -0.25) is 0 Å². The molecule has 0 fully saturated rings. The molecule has 2 amide bonds. The number of aliphatic carboxylic acids is 1. The van der Waals surface area contributed by atoms with E-state index in [1.807, 2.05) is 17.5 Å². The molecule has 0 aliphatic heterocycles. The largest absolute Gasteiger partial charge is 0.480 e. The number of carbonyl (C=O) groups is 2. The summed E-state index contributed by atoms with van der Waals surface area (Å²) in [6.07, 6.45) is 1.16. The van der Waals surface area contributed by atoms with Crippen molar-refractivity contribution in [2.75, 3.05) is 13.6 Å². The third kappa shape index (κ3) is 4.37. The van der Waals surface area contributed by atoms with Gasteiger partial charge in [-0.2, -0.15) is 0 Å². The zero-order valence-electron chi connectivity index (χ0n) is 10.5. The number of nitrogens with one attached hydrogen (secondary N) is 1. The van der Waals surface area contributed by atoms with E-state index in [4.69, 9.17) is 5.11 Å². The molecule has 1 aromatic heterocycles. The number of thiophene rings is 1. The molecule has 100 valence electrons. The van der Waals surface area contributed by atoms with Gasteiger partial charge >= 0.3 is 12.0 Å².